The normalized spacial score (nSPS) is 11.9. The van der Waals surface area contributed by atoms with Crippen molar-refractivity contribution in [3.63, 3.8) is 0 Å². The Morgan fingerprint density at radius 2 is 1.92 bits per heavy atom. The Morgan fingerprint density at radius 1 is 1.50 bits per heavy atom. The molecule has 0 aliphatic rings. The number of nitrogens with two attached hydrogens (primary N) is 1. The molecule has 0 aliphatic carbocycles. The van der Waals surface area contributed by atoms with Gasteiger partial charge in [0.05, 0.1) is 5.41 Å². The van der Waals surface area contributed by atoms with Crippen molar-refractivity contribution in [2.45, 2.75) is 33.7 Å². The van der Waals surface area contributed by atoms with Crippen LogP contribution in [0, 0.1) is 5.41 Å². The second kappa shape index (κ2) is 3.90. The van der Waals surface area contributed by atoms with E-state index < -0.39 is 5.41 Å². The first kappa shape index (κ1) is 11.4. The van der Waals surface area contributed by atoms with Gasteiger partial charge >= 0.3 is 0 Å². The first-order valence-corrected chi connectivity index (χ1v) is 4.30. The van der Waals surface area contributed by atoms with Crippen LogP contribution < -0.4 is 5.73 Å². The van der Waals surface area contributed by atoms with Crippen molar-refractivity contribution in [3.8, 4) is 0 Å². The zero-order chi connectivity index (χ0) is 9.94. The molecule has 0 aromatic carbocycles. The van der Waals surface area contributed by atoms with E-state index in [0.29, 0.717) is 6.54 Å². The molecule has 3 heteroatoms. The first-order chi connectivity index (χ1) is 5.33. The molecule has 1 amide bonds. The minimum atomic E-state index is -0.432. The first-order valence-electron chi connectivity index (χ1n) is 4.30. The van der Waals surface area contributed by atoms with Gasteiger partial charge in [-0.15, -0.1) is 0 Å². The van der Waals surface area contributed by atoms with Crippen molar-refractivity contribution in [2.24, 2.45) is 11.1 Å². The fourth-order valence-electron chi connectivity index (χ4n) is 0.799. The zero-order valence-corrected chi connectivity index (χ0v) is 8.72. The molecule has 0 bridgehead atoms. The molecule has 0 atom stereocenters. The number of carbonyl (C=O) groups excluding carboxylic acids is 1. The molecule has 0 rings (SSSR count). The standard InChI is InChI=1S/C9H20N2O/c1-7(2)11(5)8(12)9(3,4)6-10/h7H,6,10H2,1-5H3. The summed E-state index contributed by atoms with van der Waals surface area (Å²) in [6.07, 6.45) is 0. The third-order valence-corrected chi connectivity index (χ3v) is 2.18. The van der Waals surface area contributed by atoms with Crippen LogP contribution in [0.25, 0.3) is 0 Å². The van der Waals surface area contributed by atoms with Gasteiger partial charge in [0.2, 0.25) is 5.91 Å². The Hall–Kier alpha value is -0.570. The third kappa shape index (κ3) is 2.48. The van der Waals surface area contributed by atoms with E-state index in [1.165, 1.54) is 0 Å². The molecule has 0 saturated carbocycles. The molecule has 0 saturated heterocycles. The van der Waals surface area contributed by atoms with Crippen LogP contribution in [-0.4, -0.2) is 30.4 Å². The van der Waals surface area contributed by atoms with Gasteiger partial charge < -0.3 is 10.6 Å². The van der Waals surface area contributed by atoms with Gasteiger partial charge in [-0.1, -0.05) is 0 Å². The minimum absolute atomic E-state index is 0.111. The van der Waals surface area contributed by atoms with Crippen LogP contribution in [0.1, 0.15) is 27.7 Å². The predicted molar refractivity (Wildman–Crippen MR) is 50.7 cm³/mol. The summed E-state index contributed by atoms with van der Waals surface area (Å²) >= 11 is 0. The Labute approximate surface area is 74.9 Å². The van der Waals surface area contributed by atoms with Gasteiger partial charge in [-0.3, -0.25) is 4.79 Å². The topological polar surface area (TPSA) is 46.3 Å². The summed E-state index contributed by atoms with van der Waals surface area (Å²) in [5.74, 6) is 0.111. The number of rotatable bonds is 3. The highest BCUT2D eigenvalue weighted by atomic mass is 16.2. The molecule has 0 heterocycles. The molecule has 0 radical (unpaired) electrons. The second-order valence-electron chi connectivity index (χ2n) is 4.10. The monoisotopic (exact) mass is 172 g/mol. The van der Waals surface area contributed by atoms with Gasteiger partial charge in [0.15, 0.2) is 0 Å². The van der Waals surface area contributed by atoms with E-state index in [2.05, 4.69) is 0 Å². The van der Waals surface area contributed by atoms with Crippen LogP contribution in [0.15, 0.2) is 0 Å². The summed E-state index contributed by atoms with van der Waals surface area (Å²) in [4.78, 5) is 13.4. The smallest absolute Gasteiger partial charge is 0.229 e. The van der Waals surface area contributed by atoms with E-state index in [0.717, 1.165) is 0 Å². The molecule has 3 nitrogen and oxygen atoms in total. The average molecular weight is 172 g/mol. The van der Waals surface area contributed by atoms with Gasteiger partial charge in [-0.25, -0.2) is 0 Å². The van der Waals surface area contributed by atoms with E-state index in [1.54, 1.807) is 4.90 Å². The molecule has 0 aromatic rings. The van der Waals surface area contributed by atoms with Crippen molar-refractivity contribution in [1.29, 1.82) is 0 Å². The molecule has 12 heavy (non-hydrogen) atoms. The highest BCUT2D eigenvalue weighted by molar-refractivity contribution is 5.82. The Bertz CT molecular complexity index is 164. The lowest BCUT2D eigenvalue weighted by molar-refractivity contribution is -0.140. The summed E-state index contributed by atoms with van der Waals surface area (Å²) in [5.41, 5.74) is 5.07. The van der Waals surface area contributed by atoms with Crippen LogP contribution in [0.3, 0.4) is 0 Å². The summed E-state index contributed by atoms with van der Waals surface area (Å²) < 4.78 is 0. The molecule has 0 spiro atoms. The average Bonchev–Trinajstić information content (AvgIpc) is 2.01. The summed E-state index contributed by atoms with van der Waals surface area (Å²) in [7, 11) is 1.81. The van der Waals surface area contributed by atoms with Gasteiger partial charge in [0.25, 0.3) is 0 Å². The fraction of sp³-hybridized carbons (Fsp3) is 0.889. The van der Waals surface area contributed by atoms with E-state index in [1.807, 2.05) is 34.7 Å². The van der Waals surface area contributed by atoms with Crippen molar-refractivity contribution in [3.05, 3.63) is 0 Å². The van der Waals surface area contributed by atoms with E-state index in [4.69, 9.17) is 5.73 Å². The molecule has 0 aromatic heterocycles. The van der Waals surface area contributed by atoms with Crippen molar-refractivity contribution >= 4 is 5.91 Å². The third-order valence-electron chi connectivity index (χ3n) is 2.18. The van der Waals surface area contributed by atoms with Crippen molar-refractivity contribution in [1.82, 2.24) is 4.90 Å². The Balaban J connectivity index is 4.39. The summed E-state index contributed by atoms with van der Waals surface area (Å²) in [6, 6.07) is 0.239. The SMILES string of the molecule is CC(C)N(C)C(=O)C(C)(C)CN. The van der Waals surface area contributed by atoms with Crippen LogP contribution >= 0.6 is 0 Å². The molecular formula is C9H20N2O. The zero-order valence-electron chi connectivity index (χ0n) is 8.72. The lowest BCUT2D eigenvalue weighted by atomic mass is 9.91. The quantitative estimate of drug-likeness (QED) is 0.685. The fourth-order valence-corrected chi connectivity index (χ4v) is 0.799. The maximum absolute atomic E-state index is 11.7. The van der Waals surface area contributed by atoms with Crippen LogP contribution in [0.2, 0.25) is 0 Å². The number of hydrogen-bond donors (Lipinski definition) is 1. The highest BCUT2D eigenvalue weighted by Crippen LogP contribution is 2.17. The lowest BCUT2D eigenvalue weighted by Crippen LogP contribution is -2.45. The number of nitrogens with zero attached hydrogens (tertiary/aromatic N) is 1. The van der Waals surface area contributed by atoms with Gasteiger partial charge in [0.1, 0.15) is 0 Å². The molecule has 2 N–H and O–H groups in total. The molecule has 0 aliphatic heterocycles. The van der Waals surface area contributed by atoms with E-state index >= 15 is 0 Å². The number of carbonyl (C=O) groups is 1. The molecular weight excluding hydrogens is 152 g/mol. The highest BCUT2D eigenvalue weighted by Gasteiger charge is 2.29. The van der Waals surface area contributed by atoms with E-state index in [9.17, 15) is 4.79 Å². The predicted octanol–water partition coefficient (Wildman–Crippen LogP) is 0.838. The largest absolute Gasteiger partial charge is 0.343 e. The molecule has 72 valence electrons. The van der Waals surface area contributed by atoms with Crippen LogP contribution in [-0.2, 0) is 4.79 Å². The molecule has 0 fully saturated rings. The van der Waals surface area contributed by atoms with Crippen molar-refractivity contribution < 1.29 is 4.79 Å². The maximum atomic E-state index is 11.7. The van der Waals surface area contributed by atoms with Gasteiger partial charge in [0, 0.05) is 19.6 Å². The lowest BCUT2D eigenvalue weighted by Gasteiger charge is -2.30. The summed E-state index contributed by atoms with van der Waals surface area (Å²) in [5, 5.41) is 0. The number of amides is 1. The molecule has 0 unspecified atom stereocenters. The summed E-state index contributed by atoms with van der Waals surface area (Å²) in [6.45, 7) is 8.11. The van der Waals surface area contributed by atoms with Gasteiger partial charge in [-0.2, -0.15) is 0 Å². The van der Waals surface area contributed by atoms with Crippen LogP contribution in [0.4, 0.5) is 0 Å². The number of hydrogen-bond acceptors (Lipinski definition) is 2. The van der Waals surface area contributed by atoms with Crippen molar-refractivity contribution in [2.75, 3.05) is 13.6 Å². The maximum Gasteiger partial charge on any atom is 0.229 e. The van der Waals surface area contributed by atoms with Crippen LogP contribution in [0.5, 0.6) is 0 Å². The Morgan fingerprint density at radius 3 is 2.17 bits per heavy atom. The Kier molecular flexibility index (Phi) is 3.71. The second-order valence-corrected chi connectivity index (χ2v) is 4.10. The minimum Gasteiger partial charge on any atom is -0.343 e. The van der Waals surface area contributed by atoms with E-state index in [-0.39, 0.29) is 11.9 Å². The van der Waals surface area contributed by atoms with Gasteiger partial charge in [-0.05, 0) is 27.7 Å².